The number of carbonyl (C=O) groups is 2. The second kappa shape index (κ2) is 8.04. The lowest BCUT2D eigenvalue weighted by Gasteiger charge is -2.20. The van der Waals surface area contributed by atoms with Gasteiger partial charge in [-0.2, -0.15) is 0 Å². The van der Waals surface area contributed by atoms with Crippen molar-refractivity contribution in [1.29, 1.82) is 0 Å². The summed E-state index contributed by atoms with van der Waals surface area (Å²) in [5.41, 5.74) is 3.99. The number of aryl methyl sites for hydroxylation is 1. The number of hydrogen-bond donors (Lipinski definition) is 3. The first-order valence-electron chi connectivity index (χ1n) is 8.68. The van der Waals surface area contributed by atoms with Gasteiger partial charge in [0.2, 0.25) is 5.91 Å². The number of nitrogens with one attached hydrogen (secondary N) is 3. The molecule has 0 aromatic heterocycles. The molecule has 0 radical (unpaired) electrons. The lowest BCUT2D eigenvalue weighted by molar-refractivity contribution is -0.114. The van der Waals surface area contributed by atoms with Gasteiger partial charge in [-0.15, -0.1) is 0 Å². The lowest BCUT2D eigenvalue weighted by Crippen LogP contribution is -2.40. The minimum Gasteiger partial charge on any atom is -0.376 e. The maximum atomic E-state index is 12.2. The number of carbonyl (C=O) groups excluding carboxylic acids is 2. The van der Waals surface area contributed by atoms with Gasteiger partial charge >= 0.3 is 0 Å². The molecule has 138 valence electrons. The highest BCUT2D eigenvalue weighted by Crippen LogP contribution is 2.18. The molecule has 0 aliphatic rings. The molecule has 0 aliphatic heterocycles. The molecule has 0 spiro atoms. The molecule has 3 N–H and O–H groups in total. The Labute approximate surface area is 155 Å². The molecule has 0 aliphatic carbocycles. The number of anilines is 2. The highest BCUT2D eigenvalue weighted by atomic mass is 16.2. The van der Waals surface area contributed by atoms with Gasteiger partial charge in [-0.1, -0.05) is 18.2 Å². The van der Waals surface area contributed by atoms with Crippen LogP contribution in [0.2, 0.25) is 0 Å². The summed E-state index contributed by atoms with van der Waals surface area (Å²) in [5, 5.41) is 8.90. The van der Waals surface area contributed by atoms with Crippen LogP contribution in [0.25, 0.3) is 0 Å². The van der Waals surface area contributed by atoms with E-state index in [1.807, 2.05) is 58.9 Å². The third-order valence-electron chi connectivity index (χ3n) is 3.95. The molecule has 2 aromatic rings. The van der Waals surface area contributed by atoms with Gasteiger partial charge in [-0.05, 0) is 70.0 Å². The molecular formula is C21H27N3O2. The fourth-order valence-electron chi connectivity index (χ4n) is 2.45. The zero-order valence-electron chi connectivity index (χ0n) is 16.1. The highest BCUT2D eigenvalue weighted by Gasteiger charge is 2.15. The Kier molecular flexibility index (Phi) is 6.03. The van der Waals surface area contributed by atoms with Crippen LogP contribution in [0, 0.1) is 13.8 Å². The fraction of sp³-hybridized carbons (Fsp3) is 0.333. The molecule has 0 atom stereocenters. The summed E-state index contributed by atoms with van der Waals surface area (Å²) in [4.78, 5) is 24.4. The van der Waals surface area contributed by atoms with E-state index in [1.165, 1.54) is 0 Å². The molecular weight excluding hydrogens is 326 g/mol. The SMILES string of the molecule is Cc1cccc(NC(=O)CNc2cccc(C(=O)NC(C)(C)C)c2)c1C. The third kappa shape index (κ3) is 5.62. The van der Waals surface area contributed by atoms with Crippen molar-refractivity contribution in [1.82, 2.24) is 5.32 Å². The number of benzene rings is 2. The van der Waals surface area contributed by atoms with E-state index >= 15 is 0 Å². The van der Waals surface area contributed by atoms with Crippen molar-refractivity contribution in [2.24, 2.45) is 0 Å². The van der Waals surface area contributed by atoms with E-state index in [0.29, 0.717) is 5.56 Å². The Balaban J connectivity index is 1.97. The second-order valence-electron chi connectivity index (χ2n) is 7.43. The van der Waals surface area contributed by atoms with Crippen molar-refractivity contribution < 1.29 is 9.59 Å². The number of rotatable bonds is 5. The molecule has 26 heavy (non-hydrogen) atoms. The lowest BCUT2D eigenvalue weighted by atomic mass is 10.1. The van der Waals surface area contributed by atoms with Crippen molar-refractivity contribution in [3.63, 3.8) is 0 Å². The van der Waals surface area contributed by atoms with Crippen LogP contribution in [-0.4, -0.2) is 23.9 Å². The molecule has 0 unspecified atom stereocenters. The highest BCUT2D eigenvalue weighted by molar-refractivity contribution is 5.96. The summed E-state index contributed by atoms with van der Waals surface area (Å²) in [5.74, 6) is -0.274. The maximum Gasteiger partial charge on any atom is 0.251 e. The maximum absolute atomic E-state index is 12.2. The molecule has 2 rings (SSSR count). The van der Waals surface area contributed by atoms with Crippen LogP contribution in [0.3, 0.4) is 0 Å². The van der Waals surface area contributed by atoms with Crippen LogP contribution in [0.5, 0.6) is 0 Å². The molecule has 5 nitrogen and oxygen atoms in total. The monoisotopic (exact) mass is 353 g/mol. The summed E-state index contributed by atoms with van der Waals surface area (Å²) in [7, 11) is 0. The van der Waals surface area contributed by atoms with Gasteiger partial charge in [-0.3, -0.25) is 9.59 Å². The molecule has 2 amide bonds. The van der Waals surface area contributed by atoms with Gasteiger partial charge < -0.3 is 16.0 Å². The van der Waals surface area contributed by atoms with E-state index < -0.39 is 0 Å². The first-order valence-corrected chi connectivity index (χ1v) is 8.68. The Bertz CT molecular complexity index is 807. The van der Waals surface area contributed by atoms with E-state index in [2.05, 4.69) is 16.0 Å². The van der Waals surface area contributed by atoms with Gasteiger partial charge in [0.1, 0.15) is 0 Å². The summed E-state index contributed by atoms with van der Waals surface area (Å²) < 4.78 is 0. The van der Waals surface area contributed by atoms with Crippen LogP contribution < -0.4 is 16.0 Å². The average Bonchev–Trinajstić information content (AvgIpc) is 2.56. The molecule has 0 saturated carbocycles. The first-order chi connectivity index (χ1) is 12.2. The zero-order chi connectivity index (χ0) is 19.3. The molecule has 5 heteroatoms. The van der Waals surface area contributed by atoms with E-state index in [4.69, 9.17) is 0 Å². The van der Waals surface area contributed by atoms with Gasteiger partial charge in [0, 0.05) is 22.5 Å². The Hall–Kier alpha value is -2.82. The average molecular weight is 353 g/mol. The zero-order valence-corrected chi connectivity index (χ0v) is 16.1. The summed E-state index contributed by atoms with van der Waals surface area (Å²) >= 11 is 0. The van der Waals surface area contributed by atoms with Crippen molar-refractivity contribution in [2.45, 2.75) is 40.2 Å². The smallest absolute Gasteiger partial charge is 0.251 e. The van der Waals surface area contributed by atoms with Crippen molar-refractivity contribution >= 4 is 23.2 Å². The van der Waals surface area contributed by atoms with Crippen LogP contribution in [-0.2, 0) is 4.79 Å². The molecule has 0 saturated heterocycles. The van der Waals surface area contributed by atoms with Gasteiger partial charge in [0.25, 0.3) is 5.91 Å². The van der Waals surface area contributed by atoms with Crippen LogP contribution in [0.4, 0.5) is 11.4 Å². The Morgan fingerprint density at radius 1 is 1.00 bits per heavy atom. The predicted octanol–water partition coefficient (Wildman–Crippen LogP) is 3.88. The Morgan fingerprint density at radius 3 is 2.38 bits per heavy atom. The van der Waals surface area contributed by atoms with Crippen molar-refractivity contribution in [2.75, 3.05) is 17.2 Å². The van der Waals surface area contributed by atoms with Crippen LogP contribution in [0.15, 0.2) is 42.5 Å². The van der Waals surface area contributed by atoms with E-state index in [9.17, 15) is 9.59 Å². The molecule has 2 aromatic carbocycles. The standard InChI is InChI=1S/C21H27N3O2/c1-14-8-6-11-18(15(14)2)23-19(25)13-22-17-10-7-9-16(12-17)20(26)24-21(3,4)5/h6-12,22H,13H2,1-5H3,(H,23,25)(H,24,26). The minimum absolute atomic E-state index is 0.123. The molecule has 0 bridgehead atoms. The minimum atomic E-state index is -0.300. The topological polar surface area (TPSA) is 70.2 Å². The van der Waals surface area contributed by atoms with E-state index in [1.54, 1.807) is 18.2 Å². The van der Waals surface area contributed by atoms with Crippen LogP contribution >= 0.6 is 0 Å². The summed E-state index contributed by atoms with van der Waals surface area (Å²) in [6, 6.07) is 12.9. The predicted molar refractivity (Wildman–Crippen MR) is 107 cm³/mol. The van der Waals surface area contributed by atoms with Crippen LogP contribution in [0.1, 0.15) is 42.3 Å². The molecule has 0 fully saturated rings. The first kappa shape index (κ1) is 19.5. The fourth-order valence-corrected chi connectivity index (χ4v) is 2.45. The summed E-state index contributed by atoms with van der Waals surface area (Å²) in [6.07, 6.45) is 0. The quantitative estimate of drug-likeness (QED) is 0.764. The molecule has 0 heterocycles. The van der Waals surface area contributed by atoms with Gasteiger partial charge in [0.05, 0.1) is 6.54 Å². The second-order valence-corrected chi connectivity index (χ2v) is 7.43. The largest absolute Gasteiger partial charge is 0.376 e. The Morgan fingerprint density at radius 2 is 1.69 bits per heavy atom. The van der Waals surface area contributed by atoms with Gasteiger partial charge in [-0.25, -0.2) is 0 Å². The number of hydrogen-bond acceptors (Lipinski definition) is 3. The van der Waals surface area contributed by atoms with Crippen molar-refractivity contribution in [3.05, 3.63) is 59.2 Å². The van der Waals surface area contributed by atoms with E-state index in [-0.39, 0.29) is 23.9 Å². The normalized spacial score (nSPS) is 11.0. The third-order valence-corrected chi connectivity index (χ3v) is 3.95. The summed E-state index contributed by atoms with van der Waals surface area (Å²) in [6.45, 7) is 9.92. The van der Waals surface area contributed by atoms with Crippen molar-refractivity contribution in [3.8, 4) is 0 Å². The van der Waals surface area contributed by atoms with E-state index in [0.717, 1.165) is 22.5 Å². The van der Waals surface area contributed by atoms with Gasteiger partial charge in [0.15, 0.2) is 0 Å². The number of amides is 2.